The predicted octanol–water partition coefficient (Wildman–Crippen LogP) is 3.74. The summed E-state index contributed by atoms with van der Waals surface area (Å²) in [6.07, 6.45) is 2.65. The molecule has 0 spiro atoms. The Morgan fingerprint density at radius 2 is 1.90 bits per heavy atom. The van der Waals surface area contributed by atoms with Gasteiger partial charge in [0.05, 0.1) is 16.8 Å². The normalized spacial score (nSPS) is 15.9. The third kappa shape index (κ3) is 4.37. The second-order valence-corrected chi connectivity index (χ2v) is 8.68. The summed E-state index contributed by atoms with van der Waals surface area (Å²) in [5, 5.41) is 5.29. The van der Waals surface area contributed by atoms with Gasteiger partial charge in [-0.3, -0.25) is 4.79 Å². The minimum Gasteiger partial charge on any atom is -0.354 e. The van der Waals surface area contributed by atoms with Crippen LogP contribution in [0.15, 0.2) is 30.3 Å². The minimum absolute atomic E-state index is 0.00361. The zero-order valence-electron chi connectivity index (χ0n) is 18.4. The molecule has 4 rings (SSSR count). The maximum atomic E-state index is 12.4. The standard InChI is InChI=1S/C23H29ClN6O/c1-4-9-19-25-21(28-12-8-13-29(15-14-28)23(31)16(2)24)20-17(3)27-30(22(20)26-19)18-10-6-5-7-11-18/h5-7,10-11,16H,4,8-9,12-15H2,1-3H3. The van der Waals surface area contributed by atoms with Crippen molar-refractivity contribution < 1.29 is 4.79 Å². The summed E-state index contributed by atoms with van der Waals surface area (Å²) in [7, 11) is 0. The van der Waals surface area contributed by atoms with Crippen LogP contribution in [0, 0.1) is 6.92 Å². The molecule has 0 radical (unpaired) electrons. The molecular weight excluding hydrogens is 412 g/mol. The van der Waals surface area contributed by atoms with Gasteiger partial charge in [0.15, 0.2) is 5.65 Å². The van der Waals surface area contributed by atoms with Crippen LogP contribution in [-0.2, 0) is 11.2 Å². The van der Waals surface area contributed by atoms with Crippen LogP contribution in [0.2, 0.25) is 0 Å². The number of amides is 1. The number of halogens is 1. The molecule has 1 fully saturated rings. The van der Waals surface area contributed by atoms with Crippen LogP contribution in [-0.4, -0.2) is 62.1 Å². The van der Waals surface area contributed by atoms with Crippen molar-refractivity contribution in [1.82, 2.24) is 24.6 Å². The van der Waals surface area contributed by atoms with Gasteiger partial charge in [0.25, 0.3) is 0 Å². The lowest BCUT2D eigenvalue weighted by Crippen LogP contribution is -2.38. The van der Waals surface area contributed by atoms with E-state index in [2.05, 4.69) is 11.8 Å². The van der Waals surface area contributed by atoms with Crippen LogP contribution < -0.4 is 4.90 Å². The molecule has 2 aromatic heterocycles. The molecule has 1 aliphatic heterocycles. The Hall–Kier alpha value is -2.67. The van der Waals surface area contributed by atoms with Crippen molar-refractivity contribution in [3.05, 3.63) is 41.9 Å². The lowest BCUT2D eigenvalue weighted by atomic mass is 10.2. The number of anilines is 1. The number of alkyl halides is 1. The van der Waals surface area contributed by atoms with E-state index in [9.17, 15) is 4.79 Å². The highest BCUT2D eigenvalue weighted by molar-refractivity contribution is 6.30. The minimum atomic E-state index is -0.500. The van der Waals surface area contributed by atoms with E-state index in [-0.39, 0.29) is 5.91 Å². The van der Waals surface area contributed by atoms with Crippen molar-refractivity contribution in [2.45, 2.75) is 45.4 Å². The number of carbonyl (C=O) groups excluding carboxylic acids is 1. The SMILES string of the molecule is CCCc1nc(N2CCCN(C(=O)C(C)Cl)CC2)c2c(C)nn(-c3ccccc3)c2n1. The van der Waals surface area contributed by atoms with E-state index in [0.717, 1.165) is 59.9 Å². The second kappa shape index (κ2) is 9.22. The quantitative estimate of drug-likeness (QED) is 0.565. The first-order chi connectivity index (χ1) is 15.0. The third-order valence-corrected chi connectivity index (χ3v) is 5.84. The van der Waals surface area contributed by atoms with Crippen molar-refractivity contribution in [1.29, 1.82) is 0 Å². The van der Waals surface area contributed by atoms with E-state index in [1.54, 1.807) is 6.92 Å². The first kappa shape index (κ1) is 21.6. The predicted molar refractivity (Wildman–Crippen MR) is 124 cm³/mol. The lowest BCUT2D eigenvalue weighted by Gasteiger charge is -2.24. The third-order valence-electron chi connectivity index (χ3n) is 5.65. The van der Waals surface area contributed by atoms with Gasteiger partial charge in [0.1, 0.15) is 17.0 Å². The molecule has 0 N–H and O–H groups in total. The van der Waals surface area contributed by atoms with Crippen molar-refractivity contribution in [2.75, 3.05) is 31.1 Å². The summed E-state index contributed by atoms with van der Waals surface area (Å²) < 4.78 is 1.91. The van der Waals surface area contributed by atoms with E-state index >= 15 is 0 Å². The number of nitrogens with zero attached hydrogens (tertiary/aromatic N) is 6. The number of hydrogen-bond donors (Lipinski definition) is 0. The Morgan fingerprint density at radius 1 is 1.13 bits per heavy atom. The zero-order valence-corrected chi connectivity index (χ0v) is 19.1. The highest BCUT2D eigenvalue weighted by Gasteiger charge is 2.26. The van der Waals surface area contributed by atoms with Gasteiger partial charge in [-0.1, -0.05) is 25.1 Å². The molecule has 3 heterocycles. The van der Waals surface area contributed by atoms with E-state index < -0.39 is 5.38 Å². The fraction of sp³-hybridized carbons (Fsp3) is 0.478. The van der Waals surface area contributed by atoms with E-state index in [1.165, 1.54) is 0 Å². The average Bonchev–Trinajstić information content (AvgIpc) is 2.94. The lowest BCUT2D eigenvalue weighted by molar-refractivity contribution is -0.130. The molecule has 1 unspecified atom stereocenters. The second-order valence-electron chi connectivity index (χ2n) is 8.03. The van der Waals surface area contributed by atoms with Crippen molar-refractivity contribution in [3.63, 3.8) is 0 Å². The number of benzene rings is 1. The molecule has 8 heteroatoms. The Kier molecular flexibility index (Phi) is 6.41. The molecule has 1 aliphatic rings. The Labute approximate surface area is 188 Å². The number of hydrogen-bond acceptors (Lipinski definition) is 5. The largest absolute Gasteiger partial charge is 0.354 e. The van der Waals surface area contributed by atoms with Gasteiger partial charge in [-0.2, -0.15) is 5.10 Å². The fourth-order valence-electron chi connectivity index (χ4n) is 4.12. The van der Waals surface area contributed by atoms with E-state index in [4.69, 9.17) is 26.7 Å². The van der Waals surface area contributed by atoms with Crippen LogP contribution in [0.1, 0.15) is 38.2 Å². The molecule has 7 nitrogen and oxygen atoms in total. The molecule has 1 saturated heterocycles. The maximum absolute atomic E-state index is 12.4. The van der Waals surface area contributed by atoms with Gasteiger partial charge >= 0.3 is 0 Å². The van der Waals surface area contributed by atoms with Crippen LogP contribution in [0.25, 0.3) is 16.7 Å². The first-order valence-corrected chi connectivity index (χ1v) is 11.4. The molecule has 164 valence electrons. The Balaban J connectivity index is 1.77. The van der Waals surface area contributed by atoms with Gasteiger partial charge in [0.2, 0.25) is 5.91 Å². The summed E-state index contributed by atoms with van der Waals surface area (Å²) in [4.78, 5) is 26.4. The number of carbonyl (C=O) groups is 1. The van der Waals surface area contributed by atoms with Gasteiger partial charge in [-0.15, -0.1) is 11.6 Å². The Bertz CT molecular complexity index is 1060. The summed E-state index contributed by atoms with van der Waals surface area (Å²) in [6.45, 7) is 8.77. The average molecular weight is 441 g/mol. The molecule has 0 aliphatic carbocycles. The van der Waals surface area contributed by atoms with Gasteiger partial charge in [-0.05, 0) is 38.8 Å². The topological polar surface area (TPSA) is 67.2 Å². The molecule has 1 atom stereocenters. The summed E-state index contributed by atoms with van der Waals surface area (Å²) in [5.74, 6) is 1.74. The highest BCUT2D eigenvalue weighted by atomic mass is 35.5. The van der Waals surface area contributed by atoms with Crippen LogP contribution in [0.5, 0.6) is 0 Å². The molecule has 0 bridgehead atoms. The fourth-order valence-corrected chi connectivity index (χ4v) is 4.26. The first-order valence-electron chi connectivity index (χ1n) is 11.0. The molecule has 1 amide bonds. The molecule has 1 aromatic carbocycles. The number of aryl methyl sites for hydroxylation is 2. The summed E-state index contributed by atoms with van der Waals surface area (Å²) in [6, 6.07) is 10.1. The zero-order chi connectivity index (χ0) is 22.0. The smallest absolute Gasteiger partial charge is 0.240 e. The van der Waals surface area contributed by atoms with Crippen LogP contribution >= 0.6 is 11.6 Å². The number of fused-ring (bicyclic) bond motifs is 1. The Morgan fingerprint density at radius 3 is 2.61 bits per heavy atom. The van der Waals surface area contributed by atoms with Gasteiger partial charge < -0.3 is 9.80 Å². The van der Waals surface area contributed by atoms with Crippen molar-refractivity contribution in [2.24, 2.45) is 0 Å². The number of para-hydroxylation sites is 1. The molecular formula is C23H29ClN6O. The van der Waals surface area contributed by atoms with E-state index in [0.29, 0.717) is 19.6 Å². The van der Waals surface area contributed by atoms with Crippen molar-refractivity contribution >= 4 is 34.4 Å². The van der Waals surface area contributed by atoms with E-state index in [1.807, 2.05) is 46.8 Å². The molecule has 0 saturated carbocycles. The highest BCUT2D eigenvalue weighted by Crippen LogP contribution is 2.30. The van der Waals surface area contributed by atoms with Crippen LogP contribution in [0.4, 0.5) is 5.82 Å². The van der Waals surface area contributed by atoms with Crippen LogP contribution in [0.3, 0.4) is 0 Å². The summed E-state index contributed by atoms with van der Waals surface area (Å²) >= 11 is 6.05. The van der Waals surface area contributed by atoms with Crippen molar-refractivity contribution in [3.8, 4) is 5.69 Å². The number of rotatable bonds is 5. The summed E-state index contributed by atoms with van der Waals surface area (Å²) in [5.41, 5.74) is 2.73. The molecule has 3 aromatic rings. The number of aromatic nitrogens is 4. The molecule has 31 heavy (non-hydrogen) atoms. The van der Waals surface area contributed by atoms with Gasteiger partial charge in [0, 0.05) is 32.6 Å². The van der Waals surface area contributed by atoms with Gasteiger partial charge in [-0.25, -0.2) is 14.6 Å². The maximum Gasteiger partial charge on any atom is 0.240 e. The monoisotopic (exact) mass is 440 g/mol.